The minimum absolute atomic E-state index is 0.379. The van der Waals surface area contributed by atoms with E-state index in [-0.39, 0.29) is 0 Å². The molecule has 1 aliphatic rings. The highest BCUT2D eigenvalue weighted by atomic mass is 35.5. The molecule has 0 spiro atoms. The third-order valence-electron chi connectivity index (χ3n) is 3.82. The van der Waals surface area contributed by atoms with E-state index in [1.54, 1.807) is 12.4 Å². The monoisotopic (exact) mass is 333 g/mol. The zero-order chi connectivity index (χ0) is 16.1. The van der Waals surface area contributed by atoms with Gasteiger partial charge in [-0.1, -0.05) is 11.6 Å². The van der Waals surface area contributed by atoms with E-state index < -0.39 is 0 Å². The fourth-order valence-corrected chi connectivity index (χ4v) is 2.69. The van der Waals surface area contributed by atoms with Crippen molar-refractivity contribution in [2.45, 2.75) is 12.8 Å². The summed E-state index contributed by atoms with van der Waals surface area (Å²) < 4.78 is 0. The summed E-state index contributed by atoms with van der Waals surface area (Å²) in [6, 6.07) is 1.88. The van der Waals surface area contributed by atoms with Crippen molar-refractivity contribution >= 4 is 34.7 Å². The van der Waals surface area contributed by atoms with E-state index in [2.05, 4.69) is 30.9 Å². The van der Waals surface area contributed by atoms with E-state index in [4.69, 9.17) is 17.3 Å². The van der Waals surface area contributed by atoms with Gasteiger partial charge in [0.15, 0.2) is 0 Å². The third-order valence-corrected chi connectivity index (χ3v) is 4.12. The van der Waals surface area contributed by atoms with Gasteiger partial charge in [0.1, 0.15) is 17.5 Å². The summed E-state index contributed by atoms with van der Waals surface area (Å²) in [5, 5.41) is 10.5. The lowest BCUT2D eigenvalue weighted by Gasteiger charge is -2.23. The second kappa shape index (κ2) is 7.43. The van der Waals surface area contributed by atoms with Crippen LogP contribution in [0.3, 0.4) is 0 Å². The molecule has 0 aliphatic carbocycles. The number of piperidine rings is 1. The zero-order valence-electron chi connectivity index (χ0n) is 12.7. The number of nitrogens with two attached hydrogens (primary N) is 1. The number of halogens is 1. The summed E-state index contributed by atoms with van der Waals surface area (Å²) in [5.41, 5.74) is 6.39. The minimum atomic E-state index is 0.379. The first-order chi connectivity index (χ1) is 11.2. The molecule has 7 nitrogen and oxygen atoms in total. The van der Waals surface area contributed by atoms with Crippen molar-refractivity contribution in [1.82, 2.24) is 20.3 Å². The lowest BCUT2D eigenvalue weighted by molar-refractivity contribution is 0.390. The number of anilines is 4. The molecule has 0 aromatic carbocycles. The first-order valence-electron chi connectivity index (χ1n) is 7.65. The predicted molar refractivity (Wildman–Crippen MR) is 93.1 cm³/mol. The van der Waals surface area contributed by atoms with Crippen LogP contribution in [0.4, 0.5) is 23.1 Å². The van der Waals surface area contributed by atoms with E-state index in [1.807, 2.05) is 6.07 Å². The Morgan fingerprint density at radius 2 is 1.91 bits per heavy atom. The van der Waals surface area contributed by atoms with Crippen LogP contribution in [-0.4, -0.2) is 34.6 Å². The summed E-state index contributed by atoms with van der Waals surface area (Å²) in [6.45, 7) is 3.07. The van der Waals surface area contributed by atoms with Gasteiger partial charge in [-0.15, -0.1) is 0 Å². The van der Waals surface area contributed by atoms with Gasteiger partial charge >= 0.3 is 0 Å². The van der Waals surface area contributed by atoms with Crippen LogP contribution in [-0.2, 0) is 0 Å². The van der Waals surface area contributed by atoms with Crippen molar-refractivity contribution < 1.29 is 0 Å². The average Bonchev–Trinajstić information content (AvgIpc) is 2.58. The molecule has 0 unspecified atom stereocenters. The molecule has 1 saturated heterocycles. The molecular formula is C15H20ClN7. The summed E-state index contributed by atoms with van der Waals surface area (Å²) in [7, 11) is 0. The van der Waals surface area contributed by atoms with Crippen molar-refractivity contribution in [1.29, 1.82) is 0 Å². The van der Waals surface area contributed by atoms with Crippen molar-refractivity contribution in [3.05, 3.63) is 29.7 Å². The number of nitrogens with one attached hydrogen (secondary N) is 3. The Bertz CT molecular complexity index is 641. The summed E-state index contributed by atoms with van der Waals surface area (Å²) in [5.74, 6) is 2.28. The molecule has 2 aromatic heterocycles. The normalized spacial score (nSPS) is 15.3. The summed E-state index contributed by atoms with van der Waals surface area (Å²) >= 11 is 6.23. The minimum Gasteiger partial charge on any atom is -0.383 e. The Kier molecular flexibility index (Phi) is 5.09. The van der Waals surface area contributed by atoms with E-state index in [1.165, 1.54) is 19.0 Å². The lowest BCUT2D eigenvalue weighted by atomic mass is 9.98. The van der Waals surface area contributed by atoms with Gasteiger partial charge in [-0.05, 0) is 31.8 Å². The number of pyridine rings is 1. The quantitative estimate of drug-likeness (QED) is 0.665. The Morgan fingerprint density at radius 1 is 1.13 bits per heavy atom. The second-order valence-corrected chi connectivity index (χ2v) is 5.98. The van der Waals surface area contributed by atoms with Crippen molar-refractivity contribution in [2.75, 3.05) is 36.0 Å². The van der Waals surface area contributed by atoms with Crippen LogP contribution in [0, 0.1) is 5.92 Å². The van der Waals surface area contributed by atoms with Crippen LogP contribution in [0.1, 0.15) is 12.8 Å². The Balaban J connectivity index is 1.64. The van der Waals surface area contributed by atoms with Gasteiger partial charge in [0.05, 0.1) is 29.3 Å². The Labute approximate surface area is 140 Å². The second-order valence-electron chi connectivity index (χ2n) is 5.58. The average molecular weight is 334 g/mol. The predicted octanol–water partition coefficient (Wildman–Crippen LogP) is 2.26. The van der Waals surface area contributed by atoms with E-state index in [9.17, 15) is 0 Å². The zero-order valence-corrected chi connectivity index (χ0v) is 13.5. The number of hydrogen-bond acceptors (Lipinski definition) is 7. The summed E-state index contributed by atoms with van der Waals surface area (Å²) in [4.78, 5) is 12.4. The maximum Gasteiger partial charge on any atom is 0.150 e. The molecule has 1 aliphatic heterocycles. The molecule has 0 amide bonds. The SMILES string of the molecule is Nc1cnc(Nc2cc(NCC3CCNCC3)c(Cl)cn2)cn1. The molecule has 1 fully saturated rings. The fourth-order valence-electron chi connectivity index (χ4n) is 2.52. The number of nitrogen functional groups attached to an aromatic ring is 1. The number of hydrogen-bond donors (Lipinski definition) is 4. The van der Waals surface area contributed by atoms with Crippen molar-refractivity contribution in [3.8, 4) is 0 Å². The molecular weight excluding hydrogens is 314 g/mol. The topological polar surface area (TPSA) is 101 Å². The Morgan fingerprint density at radius 3 is 2.65 bits per heavy atom. The maximum absolute atomic E-state index is 6.23. The highest BCUT2D eigenvalue weighted by Gasteiger charge is 2.13. The number of aromatic nitrogens is 3. The molecule has 122 valence electrons. The van der Waals surface area contributed by atoms with Gasteiger partial charge in [-0.3, -0.25) is 0 Å². The van der Waals surface area contributed by atoms with Gasteiger partial charge < -0.3 is 21.7 Å². The standard InChI is InChI=1S/C15H20ClN7/c16-11-7-21-14(23-15-9-20-13(17)8-22-15)5-12(11)19-6-10-1-3-18-4-2-10/h5,7-10,18H,1-4,6H2,(H2,17,20)(H2,19,21,22,23). The molecule has 0 atom stereocenters. The first kappa shape index (κ1) is 15.8. The molecule has 2 aromatic rings. The van der Waals surface area contributed by atoms with Gasteiger partial charge in [-0.2, -0.15) is 0 Å². The first-order valence-corrected chi connectivity index (χ1v) is 8.03. The van der Waals surface area contributed by atoms with Crippen LogP contribution in [0.25, 0.3) is 0 Å². The third kappa shape index (κ3) is 4.43. The molecule has 3 rings (SSSR count). The lowest BCUT2D eigenvalue weighted by Crippen LogP contribution is -2.31. The largest absolute Gasteiger partial charge is 0.383 e. The van der Waals surface area contributed by atoms with E-state index in [0.29, 0.717) is 28.4 Å². The van der Waals surface area contributed by atoms with Gasteiger partial charge in [0.2, 0.25) is 0 Å². The Hall–Kier alpha value is -2.12. The van der Waals surface area contributed by atoms with E-state index in [0.717, 1.165) is 25.3 Å². The molecule has 3 heterocycles. The van der Waals surface area contributed by atoms with Crippen molar-refractivity contribution in [3.63, 3.8) is 0 Å². The van der Waals surface area contributed by atoms with Gasteiger partial charge in [0.25, 0.3) is 0 Å². The van der Waals surface area contributed by atoms with Gasteiger partial charge in [-0.25, -0.2) is 15.0 Å². The van der Waals surface area contributed by atoms with Crippen LogP contribution in [0.2, 0.25) is 5.02 Å². The molecule has 0 saturated carbocycles. The molecule has 0 radical (unpaired) electrons. The molecule has 8 heteroatoms. The van der Waals surface area contributed by atoms with Crippen molar-refractivity contribution in [2.24, 2.45) is 5.92 Å². The number of rotatable bonds is 5. The van der Waals surface area contributed by atoms with Gasteiger partial charge in [0, 0.05) is 12.6 Å². The maximum atomic E-state index is 6.23. The highest BCUT2D eigenvalue weighted by molar-refractivity contribution is 6.33. The molecule has 23 heavy (non-hydrogen) atoms. The highest BCUT2D eigenvalue weighted by Crippen LogP contribution is 2.25. The van der Waals surface area contributed by atoms with Crippen LogP contribution >= 0.6 is 11.6 Å². The van der Waals surface area contributed by atoms with Crippen LogP contribution in [0.15, 0.2) is 24.7 Å². The van der Waals surface area contributed by atoms with Crippen LogP contribution < -0.4 is 21.7 Å². The molecule has 5 N–H and O–H groups in total. The summed E-state index contributed by atoms with van der Waals surface area (Å²) in [6.07, 6.45) is 7.05. The number of nitrogens with zero attached hydrogens (tertiary/aromatic N) is 3. The van der Waals surface area contributed by atoms with E-state index >= 15 is 0 Å². The van der Waals surface area contributed by atoms with Crippen LogP contribution in [0.5, 0.6) is 0 Å². The smallest absolute Gasteiger partial charge is 0.150 e. The fraction of sp³-hybridized carbons (Fsp3) is 0.400. The molecule has 0 bridgehead atoms.